The molecule has 0 unspecified atom stereocenters. The van der Waals surface area contributed by atoms with E-state index in [2.05, 4.69) is 0 Å². The zero-order chi connectivity index (χ0) is 17.4. The fourth-order valence-electron chi connectivity index (χ4n) is 2.10. The number of aryl methyl sites for hydroxylation is 1. The molecule has 2 aromatic rings. The molecule has 1 aromatic heterocycles. The van der Waals surface area contributed by atoms with Gasteiger partial charge in [0.15, 0.2) is 13.6 Å². The van der Waals surface area contributed by atoms with Crippen molar-refractivity contribution in [2.45, 2.75) is 0 Å². The second-order valence-corrected chi connectivity index (χ2v) is 5.00. The maximum absolute atomic E-state index is 12.3. The van der Waals surface area contributed by atoms with Crippen molar-refractivity contribution in [3.05, 3.63) is 53.9 Å². The highest BCUT2D eigenvalue weighted by molar-refractivity contribution is 6.05. The molecule has 24 heavy (non-hydrogen) atoms. The van der Waals surface area contributed by atoms with Gasteiger partial charge in [0.2, 0.25) is 5.78 Å². The van der Waals surface area contributed by atoms with Gasteiger partial charge in [0, 0.05) is 33.0 Å². The fourth-order valence-corrected chi connectivity index (χ4v) is 2.10. The van der Waals surface area contributed by atoms with Crippen LogP contribution in [0.4, 0.5) is 0 Å². The Labute approximate surface area is 141 Å². The van der Waals surface area contributed by atoms with Gasteiger partial charge in [0.05, 0.1) is 5.69 Å². The van der Waals surface area contributed by atoms with Gasteiger partial charge in [-0.2, -0.15) is 0 Å². The summed E-state index contributed by atoms with van der Waals surface area (Å²) in [5.74, 6) is 1.12. The Morgan fingerprint density at radius 1 is 1.12 bits per heavy atom. The van der Waals surface area contributed by atoms with E-state index in [1.807, 2.05) is 19.3 Å². The minimum absolute atomic E-state index is 0.0941. The molecule has 0 aliphatic rings. The van der Waals surface area contributed by atoms with Crippen LogP contribution in [0.25, 0.3) is 6.08 Å². The van der Waals surface area contributed by atoms with Crippen LogP contribution in [0, 0.1) is 0 Å². The molecule has 0 saturated carbocycles. The number of ketones is 1. The molecular formula is C18H21NO5. The zero-order valence-electron chi connectivity index (χ0n) is 14.0. The summed E-state index contributed by atoms with van der Waals surface area (Å²) in [5.41, 5.74) is 1.32. The second-order valence-electron chi connectivity index (χ2n) is 5.00. The second kappa shape index (κ2) is 8.90. The lowest BCUT2D eigenvalue weighted by molar-refractivity contribution is 0.0482. The zero-order valence-corrected chi connectivity index (χ0v) is 14.0. The van der Waals surface area contributed by atoms with E-state index in [0.29, 0.717) is 22.8 Å². The Bertz CT molecular complexity index is 705. The summed E-state index contributed by atoms with van der Waals surface area (Å²) >= 11 is 0. The lowest BCUT2D eigenvalue weighted by Gasteiger charge is -2.11. The number of aromatic nitrogens is 1. The average molecular weight is 331 g/mol. The van der Waals surface area contributed by atoms with E-state index >= 15 is 0 Å². The Hall–Kier alpha value is -2.57. The van der Waals surface area contributed by atoms with Gasteiger partial charge in [-0.1, -0.05) is 0 Å². The highest BCUT2D eigenvalue weighted by Gasteiger charge is 2.08. The lowest BCUT2D eigenvalue weighted by Crippen LogP contribution is -2.03. The number of allylic oxidation sites excluding steroid dienone is 1. The number of carbonyl (C=O) groups is 1. The van der Waals surface area contributed by atoms with E-state index in [1.165, 1.54) is 6.08 Å². The van der Waals surface area contributed by atoms with E-state index in [4.69, 9.17) is 18.9 Å². The average Bonchev–Trinajstić information content (AvgIpc) is 3.02. The van der Waals surface area contributed by atoms with E-state index < -0.39 is 0 Å². The number of carbonyl (C=O) groups excluding carboxylic acids is 1. The third-order valence-corrected chi connectivity index (χ3v) is 3.27. The Kier molecular flexibility index (Phi) is 6.60. The van der Waals surface area contributed by atoms with E-state index in [1.54, 1.807) is 49.1 Å². The molecule has 6 nitrogen and oxygen atoms in total. The van der Waals surface area contributed by atoms with Gasteiger partial charge in [-0.3, -0.25) is 4.79 Å². The molecule has 2 rings (SSSR count). The molecule has 0 fully saturated rings. The molecule has 0 bridgehead atoms. The molecule has 0 aliphatic carbocycles. The number of benzene rings is 1. The summed E-state index contributed by atoms with van der Waals surface area (Å²) in [6, 6.07) is 8.90. The van der Waals surface area contributed by atoms with Gasteiger partial charge in [-0.15, -0.1) is 0 Å². The van der Waals surface area contributed by atoms with Gasteiger partial charge in [0.25, 0.3) is 0 Å². The minimum Gasteiger partial charge on any atom is -0.468 e. The summed E-state index contributed by atoms with van der Waals surface area (Å²) in [7, 11) is 4.92. The largest absolute Gasteiger partial charge is 0.468 e. The Morgan fingerprint density at radius 3 is 2.54 bits per heavy atom. The van der Waals surface area contributed by atoms with Crippen LogP contribution in [-0.2, 0) is 16.5 Å². The maximum atomic E-state index is 12.3. The van der Waals surface area contributed by atoms with E-state index in [-0.39, 0.29) is 19.4 Å². The number of rotatable bonds is 9. The van der Waals surface area contributed by atoms with Crippen molar-refractivity contribution >= 4 is 11.9 Å². The van der Waals surface area contributed by atoms with Gasteiger partial charge in [-0.05, 0) is 42.5 Å². The molecule has 0 radical (unpaired) electrons. The number of nitrogens with zero attached hydrogens (tertiary/aromatic N) is 1. The minimum atomic E-state index is -0.0941. The first-order chi connectivity index (χ1) is 11.7. The van der Waals surface area contributed by atoms with Crippen molar-refractivity contribution in [2.75, 3.05) is 27.8 Å². The van der Waals surface area contributed by atoms with Crippen molar-refractivity contribution in [2.24, 2.45) is 7.05 Å². The first-order valence-electron chi connectivity index (χ1n) is 7.37. The molecule has 0 spiro atoms. The molecule has 1 heterocycles. The summed E-state index contributed by atoms with van der Waals surface area (Å²) in [5, 5.41) is 0. The predicted octanol–water partition coefficient (Wildman–Crippen LogP) is 2.89. The monoisotopic (exact) mass is 331 g/mol. The van der Waals surface area contributed by atoms with Gasteiger partial charge < -0.3 is 23.5 Å². The first-order valence-corrected chi connectivity index (χ1v) is 7.37. The summed E-state index contributed by atoms with van der Waals surface area (Å²) in [6.45, 7) is 0.259. The standard InChI is InChI=1S/C18H21NO5/c1-19-10-4-5-16(19)17(20)8-6-14-11-15(23-12-21-2)7-9-18(14)24-13-22-3/h4-11H,12-13H2,1-3H3/b8-6+. The fraction of sp³-hybridized carbons (Fsp3) is 0.278. The van der Waals surface area contributed by atoms with Crippen molar-refractivity contribution in [3.63, 3.8) is 0 Å². The van der Waals surface area contributed by atoms with Crippen LogP contribution in [0.5, 0.6) is 11.5 Å². The van der Waals surface area contributed by atoms with Gasteiger partial charge >= 0.3 is 0 Å². The molecule has 0 aliphatic heterocycles. The number of hydrogen-bond donors (Lipinski definition) is 0. The molecule has 0 N–H and O–H groups in total. The normalized spacial score (nSPS) is 11.0. The van der Waals surface area contributed by atoms with Crippen molar-refractivity contribution < 1.29 is 23.7 Å². The van der Waals surface area contributed by atoms with Crippen LogP contribution in [0.15, 0.2) is 42.6 Å². The Morgan fingerprint density at radius 2 is 1.88 bits per heavy atom. The molecule has 0 saturated heterocycles. The van der Waals surface area contributed by atoms with Crippen molar-refractivity contribution in [3.8, 4) is 11.5 Å². The van der Waals surface area contributed by atoms with E-state index in [0.717, 1.165) is 0 Å². The molecule has 0 atom stereocenters. The predicted molar refractivity (Wildman–Crippen MR) is 90.2 cm³/mol. The third kappa shape index (κ3) is 4.71. The van der Waals surface area contributed by atoms with Gasteiger partial charge in [0.1, 0.15) is 11.5 Å². The topological polar surface area (TPSA) is 58.9 Å². The van der Waals surface area contributed by atoms with Crippen LogP contribution in [0.2, 0.25) is 0 Å². The summed E-state index contributed by atoms with van der Waals surface area (Å²) < 4.78 is 22.5. The van der Waals surface area contributed by atoms with Crippen LogP contribution in [-0.4, -0.2) is 38.2 Å². The Balaban J connectivity index is 2.22. The SMILES string of the molecule is COCOc1ccc(OCOC)c(/C=C/C(=O)c2cccn2C)c1. The van der Waals surface area contributed by atoms with Crippen LogP contribution < -0.4 is 9.47 Å². The highest BCUT2D eigenvalue weighted by Crippen LogP contribution is 2.26. The molecule has 6 heteroatoms. The number of hydrogen-bond acceptors (Lipinski definition) is 5. The number of methoxy groups -OCH3 is 2. The molecule has 128 valence electrons. The summed E-state index contributed by atoms with van der Waals surface area (Å²) in [4.78, 5) is 12.3. The van der Waals surface area contributed by atoms with Crippen LogP contribution in [0.3, 0.4) is 0 Å². The summed E-state index contributed by atoms with van der Waals surface area (Å²) in [6.07, 6.45) is 5.03. The van der Waals surface area contributed by atoms with Crippen LogP contribution >= 0.6 is 0 Å². The van der Waals surface area contributed by atoms with Crippen molar-refractivity contribution in [1.29, 1.82) is 0 Å². The highest BCUT2D eigenvalue weighted by atomic mass is 16.7. The molecular weight excluding hydrogens is 310 g/mol. The van der Waals surface area contributed by atoms with E-state index in [9.17, 15) is 4.79 Å². The molecule has 1 aromatic carbocycles. The van der Waals surface area contributed by atoms with Crippen molar-refractivity contribution in [1.82, 2.24) is 4.57 Å². The number of ether oxygens (including phenoxy) is 4. The lowest BCUT2D eigenvalue weighted by atomic mass is 10.1. The smallest absolute Gasteiger partial charge is 0.202 e. The molecule has 0 amide bonds. The third-order valence-electron chi connectivity index (χ3n) is 3.27. The van der Waals surface area contributed by atoms with Crippen LogP contribution in [0.1, 0.15) is 16.1 Å². The maximum Gasteiger partial charge on any atom is 0.202 e. The van der Waals surface area contributed by atoms with Gasteiger partial charge in [-0.25, -0.2) is 0 Å². The first kappa shape index (κ1) is 17.8. The quantitative estimate of drug-likeness (QED) is 0.402.